The van der Waals surface area contributed by atoms with Crippen LogP contribution in [-0.4, -0.2) is 26.8 Å². The summed E-state index contributed by atoms with van der Waals surface area (Å²) in [5, 5.41) is 0. The molecule has 1 aromatic carbocycles. The molecule has 6 nitrogen and oxygen atoms in total. The standard InChI is InChI=1S/C9H8F3O6PS/c1-17-7-4-2-3-6(9(10,11)12)8(7)20(15,16)18-5-19(13)14/h2-4H,5H2,1H3/p+1. The Morgan fingerprint density at radius 3 is 2.40 bits per heavy atom. The number of alkyl halides is 3. The first-order valence-corrected chi connectivity index (χ1v) is 7.67. The van der Waals surface area contributed by atoms with Crippen molar-refractivity contribution in [1.29, 1.82) is 0 Å². The van der Waals surface area contributed by atoms with E-state index in [-0.39, 0.29) is 0 Å². The molecule has 0 amide bonds. The first-order chi connectivity index (χ1) is 9.09. The lowest BCUT2D eigenvalue weighted by Crippen LogP contribution is -2.16. The minimum atomic E-state index is -4.96. The molecular formula is C9H9F3O6PS+. The third-order valence-electron chi connectivity index (χ3n) is 2.07. The van der Waals surface area contributed by atoms with E-state index in [1.165, 1.54) is 0 Å². The maximum Gasteiger partial charge on any atom is 0.535 e. The highest BCUT2D eigenvalue weighted by Crippen LogP contribution is 2.39. The maximum atomic E-state index is 12.8. The number of ether oxygens (including phenoxy) is 1. The van der Waals surface area contributed by atoms with E-state index >= 15 is 0 Å². The van der Waals surface area contributed by atoms with Crippen LogP contribution in [0.3, 0.4) is 0 Å². The number of benzene rings is 1. The van der Waals surface area contributed by atoms with Gasteiger partial charge in [-0.25, -0.2) is 4.18 Å². The third-order valence-corrected chi connectivity index (χ3v) is 3.95. The van der Waals surface area contributed by atoms with Crippen LogP contribution in [0.2, 0.25) is 0 Å². The molecule has 0 fully saturated rings. The highest BCUT2D eigenvalue weighted by molar-refractivity contribution is 7.87. The normalized spacial score (nSPS) is 13.2. The molecule has 0 aromatic heterocycles. The van der Waals surface area contributed by atoms with Crippen LogP contribution < -0.4 is 4.74 Å². The third kappa shape index (κ3) is 3.89. The van der Waals surface area contributed by atoms with Crippen LogP contribution in [0.5, 0.6) is 5.75 Å². The molecule has 11 heteroatoms. The van der Waals surface area contributed by atoms with Crippen LogP contribution in [0.15, 0.2) is 23.1 Å². The first-order valence-electron chi connectivity index (χ1n) is 4.86. The number of halogens is 3. The highest BCUT2D eigenvalue weighted by Gasteiger charge is 2.40. The summed E-state index contributed by atoms with van der Waals surface area (Å²) in [6.45, 7) is 0. The van der Waals surface area contributed by atoms with Crippen molar-refractivity contribution in [2.24, 2.45) is 0 Å². The second-order valence-corrected chi connectivity index (χ2v) is 5.90. The minimum Gasteiger partial charge on any atom is -0.495 e. The lowest BCUT2D eigenvalue weighted by Gasteiger charge is -2.14. The Kier molecular flexibility index (Phi) is 5.09. The maximum absolute atomic E-state index is 12.8. The summed E-state index contributed by atoms with van der Waals surface area (Å²) >= 11 is 0. The van der Waals surface area contributed by atoms with Crippen molar-refractivity contribution in [3.05, 3.63) is 23.8 Å². The monoisotopic (exact) mass is 333 g/mol. The van der Waals surface area contributed by atoms with E-state index in [4.69, 9.17) is 4.89 Å². The SMILES string of the molecule is COc1cccc(C(F)(F)F)c1S(=O)(=O)OC[P+](=O)O. The minimum absolute atomic E-state index is 0.539. The van der Waals surface area contributed by atoms with Gasteiger partial charge in [-0.1, -0.05) is 6.07 Å². The van der Waals surface area contributed by atoms with Gasteiger partial charge in [0, 0.05) is 0 Å². The Morgan fingerprint density at radius 1 is 1.35 bits per heavy atom. The molecule has 1 N–H and O–H groups in total. The molecule has 0 saturated heterocycles. The smallest absolute Gasteiger partial charge is 0.495 e. The van der Waals surface area contributed by atoms with Gasteiger partial charge in [-0.3, -0.25) is 0 Å². The fraction of sp³-hybridized carbons (Fsp3) is 0.333. The van der Waals surface area contributed by atoms with Gasteiger partial charge in [-0.05, 0) is 16.7 Å². The van der Waals surface area contributed by atoms with E-state index < -0.39 is 46.9 Å². The van der Waals surface area contributed by atoms with Crippen LogP contribution in [0, 0.1) is 0 Å². The first kappa shape index (κ1) is 16.8. The molecule has 0 aliphatic rings. The van der Waals surface area contributed by atoms with Gasteiger partial charge in [-0.15, -0.1) is 0 Å². The lowest BCUT2D eigenvalue weighted by atomic mass is 10.2. The van der Waals surface area contributed by atoms with Crippen LogP contribution in [0.4, 0.5) is 13.2 Å². The van der Waals surface area contributed by atoms with E-state index in [1.54, 1.807) is 0 Å². The predicted molar refractivity (Wildman–Crippen MR) is 61.0 cm³/mol. The molecule has 20 heavy (non-hydrogen) atoms. The fourth-order valence-corrected chi connectivity index (χ4v) is 3.22. The fourth-order valence-electron chi connectivity index (χ4n) is 1.33. The van der Waals surface area contributed by atoms with Gasteiger partial charge in [-0.2, -0.15) is 26.5 Å². The summed E-state index contributed by atoms with van der Waals surface area (Å²) in [5.41, 5.74) is -1.48. The van der Waals surface area contributed by atoms with Gasteiger partial charge in [0.2, 0.25) is 0 Å². The summed E-state index contributed by atoms with van der Waals surface area (Å²) in [6, 6.07) is 2.51. The average molecular weight is 333 g/mol. The molecule has 0 aliphatic heterocycles. The zero-order valence-electron chi connectivity index (χ0n) is 9.92. The summed E-state index contributed by atoms with van der Waals surface area (Å²) in [5.74, 6) is -0.576. The Balaban J connectivity index is 3.45. The number of methoxy groups -OCH3 is 1. The van der Waals surface area contributed by atoms with Crippen molar-refractivity contribution in [2.75, 3.05) is 13.5 Å². The van der Waals surface area contributed by atoms with Crippen LogP contribution in [0.25, 0.3) is 0 Å². The van der Waals surface area contributed by atoms with Crippen molar-refractivity contribution >= 4 is 18.1 Å². The average Bonchev–Trinajstić information content (AvgIpc) is 2.34. The van der Waals surface area contributed by atoms with Gasteiger partial charge < -0.3 is 4.74 Å². The van der Waals surface area contributed by atoms with Crippen molar-refractivity contribution < 1.29 is 40.0 Å². The van der Waals surface area contributed by atoms with Crippen LogP contribution >= 0.6 is 8.03 Å². The van der Waals surface area contributed by atoms with E-state index in [9.17, 15) is 26.2 Å². The molecule has 0 bridgehead atoms. The zero-order valence-corrected chi connectivity index (χ0v) is 11.6. The highest BCUT2D eigenvalue weighted by atomic mass is 32.2. The predicted octanol–water partition coefficient (Wildman–Crippen LogP) is 2.11. The molecule has 112 valence electrons. The quantitative estimate of drug-likeness (QED) is 0.656. The largest absolute Gasteiger partial charge is 0.535 e. The molecule has 0 saturated carbocycles. The van der Waals surface area contributed by atoms with Gasteiger partial charge in [0.25, 0.3) is 6.35 Å². The summed E-state index contributed by atoms with van der Waals surface area (Å²) in [4.78, 5) is 7.25. The Bertz CT molecular complexity index is 613. The Morgan fingerprint density at radius 2 is 1.95 bits per heavy atom. The summed E-state index contributed by atoms with van der Waals surface area (Å²) in [6.07, 6.45) is -6.10. The Labute approximate surface area is 113 Å². The molecule has 0 heterocycles. The lowest BCUT2D eigenvalue weighted by molar-refractivity contribution is -0.140. The Hall–Kier alpha value is -1.22. The van der Waals surface area contributed by atoms with E-state index in [2.05, 4.69) is 8.92 Å². The molecule has 0 aliphatic carbocycles. The molecule has 0 radical (unpaired) electrons. The van der Waals surface area contributed by atoms with E-state index in [0.717, 1.165) is 19.2 Å². The van der Waals surface area contributed by atoms with Gasteiger partial charge in [0.05, 0.1) is 12.7 Å². The van der Waals surface area contributed by atoms with Crippen molar-refractivity contribution in [1.82, 2.24) is 0 Å². The zero-order chi connectivity index (χ0) is 15.6. The van der Waals surface area contributed by atoms with Crippen molar-refractivity contribution in [3.63, 3.8) is 0 Å². The van der Waals surface area contributed by atoms with E-state index in [0.29, 0.717) is 6.07 Å². The molecule has 0 spiro atoms. The molecular weight excluding hydrogens is 324 g/mol. The summed E-state index contributed by atoms with van der Waals surface area (Å²) < 4.78 is 81.0. The molecule has 1 aromatic rings. The summed E-state index contributed by atoms with van der Waals surface area (Å²) in [7, 11) is -6.89. The second-order valence-electron chi connectivity index (χ2n) is 3.39. The molecule has 1 unspecified atom stereocenters. The number of rotatable bonds is 5. The van der Waals surface area contributed by atoms with E-state index in [1.807, 2.05) is 0 Å². The second kappa shape index (κ2) is 6.04. The number of hydrogen-bond acceptors (Lipinski definition) is 5. The van der Waals surface area contributed by atoms with Gasteiger partial charge in [0.1, 0.15) is 10.6 Å². The molecule has 1 atom stereocenters. The van der Waals surface area contributed by atoms with Crippen molar-refractivity contribution in [3.8, 4) is 5.75 Å². The molecule has 1 rings (SSSR count). The van der Waals surface area contributed by atoms with Crippen molar-refractivity contribution in [2.45, 2.75) is 11.1 Å². The topological polar surface area (TPSA) is 89.9 Å². The number of hydrogen-bond donors (Lipinski definition) is 1. The van der Waals surface area contributed by atoms with Gasteiger partial charge in [0.15, 0.2) is 0 Å². The van der Waals surface area contributed by atoms with Crippen LogP contribution in [-0.2, 0) is 25.0 Å². The van der Waals surface area contributed by atoms with Gasteiger partial charge >= 0.3 is 24.3 Å². The van der Waals surface area contributed by atoms with Crippen LogP contribution in [0.1, 0.15) is 5.56 Å².